The number of likely N-dealkylation sites (N-methyl/N-ethyl adjacent to an activating group) is 1. The zero-order chi connectivity index (χ0) is 13.1. The zero-order valence-electron chi connectivity index (χ0n) is 10.3. The van der Waals surface area contributed by atoms with Gasteiger partial charge in [0.25, 0.3) is 0 Å². The third-order valence-electron chi connectivity index (χ3n) is 2.29. The topological polar surface area (TPSA) is 69.5 Å². The van der Waals surface area contributed by atoms with Crippen LogP contribution < -0.4 is 4.90 Å². The van der Waals surface area contributed by atoms with Crippen LogP contribution in [0.25, 0.3) is 0 Å². The maximum atomic E-state index is 9.83. The summed E-state index contributed by atoms with van der Waals surface area (Å²) in [5.41, 5.74) is -0.361. The summed E-state index contributed by atoms with van der Waals surface area (Å²) in [6.07, 6.45) is 1.35. The lowest BCUT2D eigenvalue weighted by Crippen LogP contribution is -2.39. The molecule has 0 saturated carbocycles. The van der Waals surface area contributed by atoms with Crippen LogP contribution in [0, 0.1) is 0 Å². The summed E-state index contributed by atoms with van der Waals surface area (Å²) < 4.78 is 0. The summed E-state index contributed by atoms with van der Waals surface area (Å²) in [5.74, 6) is 0.567. The van der Waals surface area contributed by atoms with Crippen LogP contribution >= 0.6 is 11.6 Å². The Morgan fingerprint density at radius 2 is 2.06 bits per heavy atom. The first-order chi connectivity index (χ1) is 7.89. The van der Waals surface area contributed by atoms with Gasteiger partial charge >= 0.3 is 0 Å². The van der Waals surface area contributed by atoms with Gasteiger partial charge in [-0.25, -0.2) is 9.97 Å². The van der Waals surface area contributed by atoms with Crippen LogP contribution in [0.5, 0.6) is 0 Å². The van der Waals surface area contributed by atoms with Gasteiger partial charge in [0.1, 0.15) is 17.3 Å². The van der Waals surface area contributed by atoms with E-state index in [1.54, 1.807) is 13.8 Å². The summed E-state index contributed by atoms with van der Waals surface area (Å²) in [6.45, 7) is 6.22. The molecule has 1 rings (SSSR count). The Kier molecular flexibility index (Phi) is 4.68. The predicted octanol–water partition coefficient (Wildman–Crippen LogP) is 1.22. The van der Waals surface area contributed by atoms with Crippen molar-refractivity contribution in [2.24, 2.45) is 0 Å². The molecule has 0 unspecified atom stereocenters. The highest BCUT2D eigenvalue weighted by Crippen LogP contribution is 2.24. The minimum Gasteiger partial charge on any atom is -0.391 e. The molecule has 0 saturated heterocycles. The highest BCUT2D eigenvalue weighted by Gasteiger charge is 2.21. The lowest BCUT2D eigenvalue weighted by atomic mass is 10.1. The van der Waals surface area contributed by atoms with Crippen molar-refractivity contribution < 1.29 is 10.2 Å². The van der Waals surface area contributed by atoms with Crippen molar-refractivity contribution in [2.75, 3.05) is 18.0 Å². The molecule has 0 aliphatic carbocycles. The van der Waals surface area contributed by atoms with E-state index in [-0.39, 0.29) is 11.8 Å². The van der Waals surface area contributed by atoms with E-state index in [2.05, 4.69) is 9.97 Å². The Hall–Kier alpha value is -0.910. The van der Waals surface area contributed by atoms with Crippen LogP contribution in [0.15, 0.2) is 6.33 Å². The molecule has 5 nitrogen and oxygen atoms in total. The van der Waals surface area contributed by atoms with E-state index in [1.165, 1.54) is 6.33 Å². The van der Waals surface area contributed by atoms with Gasteiger partial charge in [0.15, 0.2) is 0 Å². The molecule has 0 spiro atoms. The Morgan fingerprint density at radius 1 is 1.41 bits per heavy atom. The molecule has 0 aromatic carbocycles. The van der Waals surface area contributed by atoms with Crippen molar-refractivity contribution in [3.63, 3.8) is 0 Å². The van der Waals surface area contributed by atoms with E-state index in [0.717, 1.165) is 0 Å². The lowest BCUT2D eigenvalue weighted by Gasteiger charge is -2.30. The summed E-state index contributed by atoms with van der Waals surface area (Å²) in [6, 6.07) is 0. The number of hydrogen-bond donors (Lipinski definition) is 2. The van der Waals surface area contributed by atoms with E-state index in [4.69, 9.17) is 11.6 Å². The molecule has 1 aromatic heterocycles. The summed E-state index contributed by atoms with van der Waals surface area (Å²) in [5, 5.41) is 19.4. The van der Waals surface area contributed by atoms with Gasteiger partial charge in [0.05, 0.1) is 17.8 Å². The van der Waals surface area contributed by atoms with Crippen molar-refractivity contribution in [1.29, 1.82) is 0 Å². The number of aliphatic hydroxyl groups excluding tert-OH is 1. The van der Waals surface area contributed by atoms with Gasteiger partial charge in [-0.3, -0.25) is 0 Å². The second-order valence-corrected chi connectivity index (χ2v) is 4.81. The molecule has 0 aliphatic heterocycles. The van der Waals surface area contributed by atoms with Crippen molar-refractivity contribution in [3.05, 3.63) is 17.0 Å². The van der Waals surface area contributed by atoms with Crippen LogP contribution in [0.2, 0.25) is 5.15 Å². The quantitative estimate of drug-likeness (QED) is 0.778. The molecular weight excluding hydrogens is 242 g/mol. The zero-order valence-corrected chi connectivity index (χ0v) is 11.1. The predicted molar refractivity (Wildman–Crippen MR) is 67.1 cm³/mol. The minimum atomic E-state index is -0.847. The average Bonchev–Trinajstić information content (AvgIpc) is 2.24. The third-order valence-corrected chi connectivity index (χ3v) is 2.61. The maximum Gasteiger partial charge on any atom is 0.140 e. The van der Waals surface area contributed by atoms with Crippen molar-refractivity contribution in [2.45, 2.75) is 33.0 Å². The minimum absolute atomic E-state index is 0.225. The highest BCUT2D eigenvalue weighted by molar-refractivity contribution is 6.30. The first kappa shape index (κ1) is 14.2. The molecule has 0 fully saturated rings. The molecule has 0 bridgehead atoms. The average molecular weight is 260 g/mol. The van der Waals surface area contributed by atoms with E-state index < -0.39 is 5.60 Å². The van der Waals surface area contributed by atoms with Crippen LogP contribution in [-0.2, 0) is 6.61 Å². The van der Waals surface area contributed by atoms with E-state index >= 15 is 0 Å². The number of anilines is 1. The Balaban J connectivity index is 3.07. The lowest BCUT2D eigenvalue weighted by molar-refractivity contribution is 0.0873. The number of aliphatic hydroxyl groups is 2. The SMILES string of the molecule is CCN(CC(C)(C)O)c1ncnc(Cl)c1CO. The van der Waals surface area contributed by atoms with Gasteiger partial charge < -0.3 is 15.1 Å². The number of aromatic nitrogens is 2. The van der Waals surface area contributed by atoms with Crippen molar-refractivity contribution in [1.82, 2.24) is 9.97 Å². The molecule has 0 atom stereocenters. The van der Waals surface area contributed by atoms with E-state index in [1.807, 2.05) is 11.8 Å². The van der Waals surface area contributed by atoms with Gasteiger partial charge in [-0.05, 0) is 20.8 Å². The molecular formula is C11H18ClN3O2. The molecule has 0 amide bonds. The first-order valence-electron chi connectivity index (χ1n) is 5.46. The first-order valence-corrected chi connectivity index (χ1v) is 5.84. The molecule has 1 heterocycles. The van der Waals surface area contributed by atoms with Gasteiger partial charge in [0.2, 0.25) is 0 Å². The van der Waals surface area contributed by atoms with Crippen LogP contribution in [0.4, 0.5) is 5.82 Å². The third kappa shape index (κ3) is 3.80. The Labute approximate surface area is 106 Å². The second kappa shape index (κ2) is 5.62. The molecule has 0 radical (unpaired) electrons. The fourth-order valence-electron chi connectivity index (χ4n) is 1.59. The summed E-state index contributed by atoms with van der Waals surface area (Å²) in [7, 11) is 0. The molecule has 6 heteroatoms. The maximum absolute atomic E-state index is 9.83. The fraction of sp³-hybridized carbons (Fsp3) is 0.636. The number of rotatable bonds is 5. The monoisotopic (exact) mass is 259 g/mol. The van der Waals surface area contributed by atoms with Crippen molar-refractivity contribution in [3.8, 4) is 0 Å². The number of hydrogen-bond acceptors (Lipinski definition) is 5. The van der Waals surface area contributed by atoms with Crippen LogP contribution in [-0.4, -0.2) is 38.9 Å². The van der Waals surface area contributed by atoms with Gasteiger partial charge in [-0.15, -0.1) is 0 Å². The standard InChI is InChI=1S/C11H18ClN3O2/c1-4-15(6-11(2,3)17)10-8(5-16)9(12)13-7-14-10/h7,16-17H,4-6H2,1-3H3. The molecule has 17 heavy (non-hydrogen) atoms. The van der Waals surface area contributed by atoms with Gasteiger partial charge in [-0.2, -0.15) is 0 Å². The Morgan fingerprint density at radius 3 is 2.53 bits per heavy atom. The van der Waals surface area contributed by atoms with Crippen molar-refractivity contribution >= 4 is 17.4 Å². The molecule has 1 aromatic rings. The normalized spacial score (nSPS) is 11.6. The summed E-state index contributed by atoms with van der Waals surface area (Å²) >= 11 is 5.90. The van der Waals surface area contributed by atoms with E-state index in [9.17, 15) is 10.2 Å². The fourth-order valence-corrected chi connectivity index (χ4v) is 1.78. The molecule has 96 valence electrons. The number of halogens is 1. The smallest absolute Gasteiger partial charge is 0.140 e. The second-order valence-electron chi connectivity index (χ2n) is 4.45. The van der Waals surface area contributed by atoms with E-state index in [0.29, 0.717) is 24.5 Å². The molecule has 2 N–H and O–H groups in total. The number of nitrogens with zero attached hydrogens (tertiary/aromatic N) is 3. The summed E-state index contributed by atoms with van der Waals surface area (Å²) in [4.78, 5) is 9.81. The van der Waals surface area contributed by atoms with Gasteiger partial charge in [0, 0.05) is 13.1 Å². The van der Waals surface area contributed by atoms with Gasteiger partial charge in [-0.1, -0.05) is 11.6 Å². The Bertz CT molecular complexity index is 379. The van der Waals surface area contributed by atoms with Crippen LogP contribution in [0.3, 0.4) is 0 Å². The highest BCUT2D eigenvalue weighted by atomic mass is 35.5. The molecule has 0 aliphatic rings. The largest absolute Gasteiger partial charge is 0.391 e. The van der Waals surface area contributed by atoms with Crippen LogP contribution in [0.1, 0.15) is 26.3 Å².